The third kappa shape index (κ3) is 4.21. The van der Waals surface area contributed by atoms with Crippen LogP contribution in [-0.4, -0.2) is 57.9 Å². The van der Waals surface area contributed by atoms with E-state index in [0.29, 0.717) is 0 Å². The van der Waals surface area contributed by atoms with Gasteiger partial charge in [-0.1, -0.05) is 20.8 Å². The van der Waals surface area contributed by atoms with Gasteiger partial charge in [0.05, 0.1) is 11.7 Å². The molecule has 2 atom stereocenters. The number of hydrogen-bond donors (Lipinski definition) is 2. The molecule has 1 amide bonds. The summed E-state index contributed by atoms with van der Waals surface area (Å²) in [7, 11) is 0. The third-order valence-electron chi connectivity index (χ3n) is 5.03. The van der Waals surface area contributed by atoms with Crippen LogP contribution < -0.4 is 11.3 Å². The lowest BCUT2D eigenvalue weighted by Gasteiger charge is -2.39. The molecule has 138 valence electrons. The predicted octanol–water partition coefficient (Wildman–Crippen LogP) is 1.18. The average Bonchev–Trinajstić information content (AvgIpc) is 2.97. The lowest BCUT2D eigenvalue weighted by Crippen LogP contribution is -2.53. The Morgan fingerprint density at radius 3 is 2.72 bits per heavy atom. The Hall–Kier alpha value is -1.89. The van der Waals surface area contributed by atoms with Gasteiger partial charge >= 0.3 is 0 Å². The number of nitrogens with one attached hydrogen (secondary N) is 1. The van der Waals surface area contributed by atoms with E-state index in [-0.39, 0.29) is 34.8 Å². The number of H-pyrrole nitrogens is 1. The predicted molar refractivity (Wildman–Crippen MR) is 97.3 cm³/mol. The van der Waals surface area contributed by atoms with Crippen LogP contribution in [-0.2, 0) is 4.79 Å². The Morgan fingerprint density at radius 2 is 2.04 bits per heavy atom. The molecule has 0 aromatic carbocycles. The van der Waals surface area contributed by atoms with Crippen molar-refractivity contribution in [2.45, 2.75) is 52.0 Å². The molecule has 0 saturated carbocycles. The Morgan fingerprint density at radius 1 is 1.28 bits per heavy atom. The van der Waals surface area contributed by atoms with Gasteiger partial charge in [-0.2, -0.15) is 0 Å². The number of hydrogen-bond acceptors (Lipinski definition) is 5. The molecule has 0 spiro atoms. The van der Waals surface area contributed by atoms with Crippen molar-refractivity contribution < 1.29 is 4.79 Å². The van der Waals surface area contributed by atoms with E-state index in [9.17, 15) is 9.59 Å². The molecule has 2 aliphatic rings. The maximum absolute atomic E-state index is 12.9. The summed E-state index contributed by atoms with van der Waals surface area (Å²) in [6, 6.07) is 1.49. The molecule has 3 rings (SSSR count). The summed E-state index contributed by atoms with van der Waals surface area (Å²) in [5, 5.41) is 0. The Balaban J connectivity index is 1.68. The highest BCUT2D eigenvalue weighted by molar-refractivity contribution is 5.82. The topological polar surface area (TPSA) is 95.3 Å². The number of piperidine rings is 1. The molecule has 7 heteroatoms. The zero-order valence-corrected chi connectivity index (χ0v) is 15.4. The van der Waals surface area contributed by atoms with Crippen LogP contribution in [0.2, 0.25) is 0 Å². The SMILES string of the molecule is CC(C)(C)CN1CCCC(N2CCC(c3cc(=O)[nH]c(N)n3)C2)C1=O. The monoisotopic (exact) mass is 347 g/mol. The first-order chi connectivity index (χ1) is 11.7. The third-order valence-corrected chi connectivity index (χ3v) is 5.03. The maximum atomic E-state index is 12.9. The first kappa shape index (κ1) is 17.9. The molecule has 1 aromatic rings. The summed E-state index contributed by atoms with van der Waals surface area (Å²) in [6.45, 7) is 9.77. The maximum Gasteiger partial charge on any atom is 0.252 e. The quantitative estimate of drug-likeness (QED) is 0.856. The van der Waals surface area contributed by atoms with E-state index in [1.807, 2.05) is 4.90 Å². The van der Waals surface area contributed by atoms with Gasteiger partial charge in [-0.05, 0) is 31.2 Å². The molecule has 1 aromatic heterocycles. The van der Waals surface area contributed by atoms with Gasteiger partial charge in [0.1, 0.15) is 0 Å². The first-order valence-electron chi connectivity index (χ1n) is 9.12. The summed E-state index contributed by atoms with van der Waals surface area (Å²) >= 11 is 0. The summed E-state index contributed by atoms with van der Waals surface area (Å²) < 4.78 is 0. The van der Waals surface area contributed by atoms with Crippen LogP contribution in [0, 0.1) is 5.41 Å². The van der Waals surface area contributed by atoms with E-state index in [1.54, 1.807) is 0 Å². The lowest BCUT2D eigenvalue weighted by molar-refractivity contribution is -0.141. The van der Waals surface area contributed by atoms with Crippen molar-refractivity contribution in [2.24, 2.45) is 5.41 Å². The van der Waals surface area contributed by atoms with E-state index < -0.39 is 0 Å². The molecule has 2 saturated heterocycles. The fourth-order valence-electron chi connectivity index (χ4n) is 4.01. The molecule has 7 nitrogen and oxygen atoms in total. The molecule has 2 unspecified atom stereocenters. The highest BCUT2D eigenvalue weighted by Crippen LogP contribution is 2.30. The Kier molecular flexibility index (Phi) is 4.86. The van der Waals surface area contributed by atoms with Crippen LogP contribution in [0.4, 0.5) is 5.95 Å². The summed E-state index contributed by atoms with van der Waals surface area (Å²) in [6.07, 6.45) is 2.86. The van der Waals surface area contributed by atoms with Crippen LogP contribution in [0.3, 0.4) is 0 Å². The standard InChI is InChI=1S/C18H29N5O2/c1-18(2,3)11-23-7-4-5-14(16(23)25)22-8-6-12(10-22)13-9-15(24)21-17(19)20-13/h9,12,14H,4-8,10-11H2,1-3H3,(H3,19,20,21,24). The van der Waals surface area contributed by atoms with Gasteiger partial charge in [0.15, 0.2) is 0 Å². The minimum absolute atomic E-state index is 0.0413. The van der Waals surface area contributed by atoms with Gasteiger partial charge in [-0.15, -0.1) is 0 Å². The average molecular weight is 347 g/mol. The van der Waals surface area contributed by atoms with E-state index >= 15 is 0 Å². The van der Waals surface area contributed by atoms with E-state index in [4.69, 9.17) is 5.73 Å². The number of rotatable bonds is 3. The van der Waals surface area contributed by atoms with Crippen LogP contribution in [0.25, 0.3) is 0 Å². The molecular weight excluding hydrogens is 318 g/mol. The normalized spacial score (nSPS) is 25.6. The molecule has 3 N–H and O–H groups in total. The van der Waals surface area contributed by atoms with Gasteiger partial charge in [-0.3, -0.25) is 19.5 Å². The summed E-state index contributed by atoms with van der Waals surface area (Å²) in [5.41, 5.74) is 6.29. The zero-order chi connectivity index (χ0) is 18.2. The van der Waals surface area contributed by atoms with Gasteiger partial charge < -0.3 is 10.6 Å². The van der Waals surface area contributed by atoms with Gasteiger partial charge in [0.25, 0.3) is 5.56 Å². The molecule has 3 heterocycles. The number of nitrogen functional groups attached to an aromatic ring is 1. The van der Waals surface area contributed by atoms with Crippen molar-refractivity contribution in [3.8, 4) is 0 Å². The number of aromatic amines is 1. The van der Waals surface area contributed by atoms with E-state index in [0.717, 1.165) is 51.1 Å². The number of anilines is 1. The van der Waals surface area contributed by atoms with Crippen LogP contribution in [0.1, 0.15) is 51.6 Å². The van der Waals surface area contributed by atoms with Gasteiger partial charge in [0.2, 0.25) is 11.9 Å². The fraction of sp³-hybridized carbons (Fsp3) is 0.722. The number of carbonyl (C=O) groups is 1. The minimum Gasteiger partial charge on any atom is -0.369 e. The van der Waals surface area contributed by atoms with Crippen molar-refractivity contribution in [2.75, 3.05) is 31.9 Å². The first-order valence-corrected chi connectivity index (χ1v) is 9.12. The molecule has 2 aliphatic heterocycles. The van der Waals surface area contributed by atoms with Crippen LogP contribution >= 0.6 is 0 Å². The molecule has 0 bridgehead atoms. The number of nitrogens with zero attached hydrogens (tertiary/aromatic N) is 3. The van der Waals surface area contributed by atoms with Crippen molar-refractivity contribution in [1.29, 1.82) is 0 Å². The highest BCUT2D eigenvalue weighted by atomic mass is 16.2. The summed E-state index contributed by atoms with van der Waals surface area (Å²) in [4.78, 5) is 35.6. The molecule has 0 radical (unpaired) electrons. The lowest BCUT2D eigenvalue weighted by atomic mass is 9.93. The fourth-order valence-corrected chi connectivity index (χ4v) is 4.01. The summed E-state index contributed by atoms with van der Waals surface area (Å²) in [5.74, 6) is 0.571. The van der Waals surface area contributed by atoms with E-state index in [2.05, 4.69) is 35.6 Å². The van der Waals surface area contributed by atoms with Crippen LogP contribution in [0.15, 0.2) is 10.9 Å². The van der Waals surface area contributed by atoms with Crippen molar-refractivity contribution in [3.05, 3.63) is 22.1 Å². The second kappa shape index (κ2) is 6.78. The number of carbonyl (C=O) groups excluding carboxylic acids is 1. The Bertz CT molecular complexity index is 693. The number of nitrogens with two attached hydrogens (primary N) is 1. The van der Waals surface area contributed by atoms with Crippen LogP contribution in [0.5, 0.6) is 0 Å². The second-order valence-corrected chi connectivity index (χ2v) is 8.51. The molecule has 2 fully saturated rings. The second-order valence-electron chi connectivity index (χ2n) is 8.51. The molecular formula is C18H29N5O2. The highest BCUT2D eigenvalue weighted by Gasteiger charge is 2.38. The largest absolute Gasteiger partial charge is 0.369 e. The van der Waals surface area contributed by atoms with E-state index in [1.165, 1.54) is 6.07 Å². The minimum atomic E-state index is -0.217. The Labute approximate surface area is 148 Å². The molecule has 25 heavy (non-hydrogen) atoms. The van der Waals surface area contributed by atoms with Gasteiger partial charge in [-0.25, -0.2) is 4.98 Å². The van der Waals surface area contributed by atoms with Crippen molar-refractivity contribution >= 4 is 11.9 Å². The van der Waals surface area contributed by atoms with Crippen molar-refractivity contribution in [1.82, 2.24) is 19.8 Å². The number of aromatic nitrogens is 2. The number of likely N-dealkylation sites (tertiary alicyclic amines) is 2. The van der Waals surface area contributed by atoms with Gasteiger partial charge in [0, 0.05) is 31.6 Å². The van der Waals surface area contributed by atoms with Crippen molar-refractivity contribution in [3.63, 3.8) is 0 Å². The molecule has 0 aliphatic carbocycles. The smallest absolute Gasteiger partial charge is 0.252 e. The number of amides is 1. The zero-order valence-electron chi connectivity index (χ0n) is 15.4.